The zero-order chi connectivity index (χ0) is 25.7. The van der Waals surface area contributed by atoms with Crippen molar-refractivity contribution in [1.29, 1.82) is 5.41 Å². The number of carbonyl (C=O) groups is 3. The summed E-state index contributed by atoms with van der Waals surface area (Å²) < 4.78 is 41.8. The molecule has 10 nitrogen and oxygen atoms in total. The minimum absolute atomic E-state index is 0.0573. The lowest BCUT2D eigenvalue weighted by Gasteiger charge is -2.30. The van der Waals surface area contributed by atoms with Gasteiger partial charge in [-0.05, 0) is 25.8 Å². The number of esters is 1. The third kappa shape index (κ3) is 8.30. The first-order valence-electron chi connectivity index (χ1n) is 10.3. The van der Waals surface area contributed by atoms with Gasteiger partial charge in [-0.15, -0.1) is 0 Å². The van der Waals surface area contributed by atoms with Crippen LogP contribution < -0.4 is 16.5 Å². The Morgan fingerprint density at radius 1 is 1.29 bits per heavy atom. The molecule has 0 aliphatic carbocycles. The van der Waals surface area contributed by atoms with Gasteiger partial charge >= 0.3 is 18.1 Å². The number of benzene rings is 1. The molecule has 0 radical (unpaired) electrons. The molecule has 0 bridgehead atoms. The van der Waals surface area contributed by atoms with Gasteiger partial charge in [-0.3, -0.25) is 19.8 Å². The van der Waals surface area contributed by atoms with E-state index in [9.17, 15) is 27.6 Å². The Bertz CT molecular complexity index is 920. The van der Waals surface area contributed by atoms with Crippen molar-refractivity contribution in [1.82, 2.24) is 10.8 Å². The molecule has 0 aromatic heterocycles. The number of nitrogens with two attached hydrogens (primary N) is 1. The molecule has 3 atom stereocenters. The quantitative estimate of drug-likeness (QED) is 0.189. The summed E-state index contributed by atoms with van der Waals surface area (Å²) in [4.78, 5) is 40.1. The second kappa shape index (κ2) is 10.8. The molecule has 34 heavy (non-hydrogen) atoms. The standard InChI is InChI=1S/C21H27F3N4O6/c1-20(2,10-14(9-17(30)31)33-19(32)21(22,23)24)27-16(29)8-13-7-15(28-34-13)11-3-5-12(6-4-11)18(25)26/h3-6,13-15,28H,7-10H2,1-2H3,(H3,25,26)(H,27,29)(H,30,31)/t13-,14?,15+/m1/s1. The van der Waals surface area contributed by atoms with Crippen molar-refractivity contribution >= 4 is 23.7 Å². The third-order valence-electron chi connectivity index (χ3n) is 5.04. The van der Waals surface area contributed by atoms with Crippen LogP contribution >= 0.6 is 0 Å². The van der Waals surface area contributed by atoms with E-state index in [-0.39, 0.29) is 24.7 Å². The molecular formula is C21H27F3N4O6. The number of aliphatic carboxylic acids is 1. The van der Waals surface area contributed by atoms with Crippen LogP contribution in [0.1, 0.15) is 56.7 Å². The van der Waals surface area contributed by atoms with E-state index in [1.807, 2.05) is 0 Å². The van der Waals surface area contributed by atoms with Gasteiger partial charge < -0.3 is 20.9 Å². The Morgan fingerprint density at radius 2 is 1.91 bits per heavy atom. The molecule has 1 heterocycles. The van der Waals surface area contributed by atoms with Crippen LogP contribution in [0, 0.1) is 5.41 Å². The first kappa shape index (κ1) is 27.1. The van der Waals surface area contributed by atoms with Gasteiger partial charge in [0.2, 0.25) is 5.91 Å². The summed E-state index contributed by atoms with van der Waals surface area (Å²) in [5, 5.41) is 19.0. The van der Waals surface area contributed by atoms with Crippen LogP contribution in [0.5, 0.6) is 0 Å². The molecule has 1 amide bonds. The number of amidine groups is 1. The number of alkyl halides is 3. The summed E-state index contributed by atoms with van der Waals surface area (Å²) in [6.07, 6.45) is -8.15. The number of hydrogen-bond donors (Lipinski definition) is 5. The number of ether oxygens (including phenoxy) is 1. The summed E-state index contributed by atoms with van der Waals surface area (Å²) >= 11 is 0. The normalized spacial score (nSPS) is 19.3. The average Bonchev–Trinajstić information content (AvgIpc) is 3.14. The highest BCUT2D eigenvalue weighted by Gasteiger charge is 2.43. The molecule has 0 spiro atoms. The second-order valence-corrected chi connectivity index (χ2v) is 8.64. The van der Waals surface area contributed by atoms with Crippen LogP contribution in [-0.4, -0.2) is 52.7 Å². The number of carboxylic acids is 1. The molecule has 188 valence electrons. The average molecular weight is 488 g/mol. The van der Waals surface area contributed by atoms with E-state index in [2.05, 4.69) is 15.5 Å². The maximum absolute atomic E-state index is 12.5. The minimum atomic E-state index is -5.26. The first-order chi connectivity index (χ1) is 15.7. The van der Waals surface area contributed by atoms with Crippen molar-refractivity contribution < 1.29 is 42.2 Å². The lowest BCUT2D eigenvalue weighted by molar-refractivity contribution is -0.206. The highest BCUT2D eigenvalue weighted by molar-refractivity contribution is 5.94. The summed E-state index contributed by atoms with van der Waals surface area (Å²) in [6.45, 7) is 2.96. The highest BCUT2D eigenvalue weighted by atomic mass is 19.4. The minimum Gasteiger partial charge on any atom is -0.481 e. The summed E-state index contributed by atoms with van der Waals surface area (Å²) in [5.74, 6) is -4.47. The second-order valence-electron chi connectivity index (χ2n) is 8.64. The Kier molecular flexibility index (Phi) is 8.61. The van der Waals surface area contributed by atoms with Crippen molar-refractivity contribution in [3.8, 4) is 0 Å². The Balaban J connectivity index is 1.91. The Hall–Kier alpha value is -3.19. The van der Waals surface area contributed by atoms with Crippen LogP contribution in [-0.2, 0) is 24.0 Å². The van der Waals surface area contributed by atoms with E-state index >= 15 is 0 Å². The molecule has 1 aromatic carbocycles. The Labute approximate surface area is 193 Å². The monoisotopic (exact) mass is 488 g/mol. The van der Waals surface area contributed by atoms with E-state index in [4.69, 9.17) is 21.1 Å². The number of hydrogen-bond acceptors (Lipinski definition) is 7. The van der Waals surface area contributed by atoms with Crippen LogP contribution in [0.4, 0.5) is 13.2 Å². The fourth-order valence-electron chi connectivity index (χ4n) is 3.59. The molecule has 0 saturated carbocycles. The number of hydroxylamine groups is 1. The van der Waals surface area contributed by atoms with Gasteiger partial charge in [-0.1, -0.05) is 24.3 Å². The molecule has 1 aliphatic heterocycles. The van der Waals surface area contributed by atoms with Crippen LogP contribution in [0.3, 0.4) is 0 Å². The number of carbonyl (C=O) groups excluding carboxylic acids is 2. The van der Waals surface area contributed by atoms with Crippen LogP contribution in [0.2, 0.25) is 0 Å². The molecular weight excluding hydrogens is 461 g/mol. The topological polar surface area (TPSA) is 164 Å². The third-order valence-corrected chi connectivity index (χ3v) is 5.04. The van der Waals surface area contributed by atoms with E-state index in [1.165, 1.54) is 13.8 Å². The molecule has 1 unspecified atom stereocenters. The van der Waals surface area contributed by atoms with E-state index in [0.717, 1.165) is 5.56 Å². The maximum atomic E-state index is 12.5. The summed E-state index contributed by atoms with van der Waals surface area (Å²) in [5.41, 5.74) is 8.55. The van der Waals surface area contributed by atoms with E-state index < -0.39 is 48.2 Å². The predicted molar refractivity (Wildman–Crippen MR) is 112 cm³/mol. The van der Waals surface area contributed by atoms with Gasteiger partial charge in [0.05, 0.1) is 25.0 Å². The highest BCUT2D eigenvalue weighted by Crippen LogP contribution is 2.28. The van der Waals surface area contributed by atoms with E-state index in [1.54, 1.807) is 24.3 Å². The largest absolute Gasteiger partial charge is 0.490 e. The zero-order valence-electron chi connectivity index (χ0n) is 18.6. The maximum Gasteiger partial charge on any atom is 0.490 e. The van der Waals surface area contributed by atoms with Gasteiger partial charge in [-0.25, -0.2) is 4.79 Å². The summed E-state index contributed by atoms with van der Waals surface area (Å²) in [7, 11) is 0. The molecule has 6 N–H and O–H groups in total. The van der Waals surface area contributed by atoms with Crippen LogP contribution in [0.25, 0.3) is 0 Å². The van der Waals surface area contributed by atoms with Gasteiger partial charge in [0.15, 0.2) is 0 Å². The van der Waals surface area contributed by atoms with Crippen molar-refractivity contribution in [2.45, 2.75) is 69.5 Å². The molecule has 1 saturated heterocycles. The smallest absolute Gasteiger partial charge is 0.481 e. The van der Waals surface area contributed by atoms with Crippen molar-refractivity contribution in [3.63, 3.8) is 0 Å². The van der Waals surface area contributed by atoms with Crippen molar-refractivity contribution in [2.75, 3.05) is 0 Å². The van der Waals surface area contributed by atoms with Gasteiger partial charge in [0.1, 0.15) is 11.9 Å². The molecule has 13 heteroatoms. The fourth-order valence-corrected chi connectivity index (χ4v) is 3.59. The molecule has 1 fully saturated rings. The van der Waals surface area contributed by atoms with Crippen molar-refractivity contribution in [3.05, 3.63) is 35.4 Å². The number of carboxylic acid groups (broad SMARTS) is 1. The molecule has 2 rings (SSSR count). The molecule has 1 aromatic rings. The van der Waals surface area contributed by atoms with E-state index in [0.29, 0.717) is 12.0 Å². The van der Waals surface area contributed by atoms with Gasteiger partial charge in [0.25, 0.3) is 0 Å². The predicted octanol–water partition coefficient (Wildman–Crippen LogP) is 1.93. The Morgan fingerprint density at radius 3 is 2.44 bits per heavy atom. The fraction of sp³-hybridized carbons (Fsp3) is 0.524. The van der Waals surface area contributed by atoms with Gasteiger partial charge in [0, 0.05) is 17.5 Å². The number of nitrogens with one attached hydrogen (secondary N) is 3. The lowest BCUT2D eigenvalue weighted by atomic mass is 9.94. The number of nitrogen functional groups attached to an aromatic ring is 1. The van der Waals surface area contributed by atoms with Gasteiger partial charge in [-0.2, -0.15) is 18.7 Å². The van der Waals surface area contributed by atoms with Crippen LogP contribution in [0.15, 0.2) is 24.3 Å². The SMILES string of the molecule is CC(C)(CC(CC(=O)O)OC(=O)C(F)(F)F)NC(=O)C[C@H]1C[C@@H](c2ccc(C(=N)N)cc2)NO1. The number of rotatable bonds is 10. The molecule has 1 aliphatic rings. The zero-order valence-corrected chi connectivity index (χ0v) is 18.6. The number of amides is 1. The number of halogens is 3. The first-order valence-corrected chi connectivity index (χ1v) is 10.3. The lowest BCUT2D eigenvalue weighted by Crippen LogP contribution is -2.47. The summed E-state index contributed by atoms with van der Waals surface area (Å²) in [6, 6.07) is 6.76. The van der Waals surface area contributed by atoms with Crippen molar-refractivity contribution in [2.24, 2.45) is 5.73 Å².